The highest BCUT2D eigenvalue weighted by molar-refractivity contribution is 5.40. The molecule has 112 valence electrons. The van der Waals surface area contributed by atoms with Gasteiger partial charge in [0.15, 0.2) is 0 Å². The molecule has 0 saturated carbocycles. The van der Waals surface area contributed by atoms with Crippen LogP contribution in [0.1, 0.15) is 56.2 Å². The maximum Gasteiger partial charge on any atom is 0.119 e. The lowest BCUT2D eigenvalue weighted by Crippen LogP contribution is -2.19. The molecule has 0 aromatic heterocycles. The summed E-state index contributed by atoms with van der Waals surface area (Å²) < 4.78 is 5.79. The SMILES string of the molecule is CCCNC1CCc2cc(OCCCCCO)ccc21. The molecule has 1 aromatic rings. The normalized spacial score (nSPS) is 17.2. The summed E-state index contributed by atoms with van der Waals surface area (Å²) in [6.45, 7) is 4.32. The summed E-state index contributed by atoms with van der Waals surface area (Å²) in [5.74, 6) is 0.990. The van der Waals surface area contributed by atoms with Crippen molar-refractivity contribution >= 4 is 0 Å². The second-order valence-electron chi connectivity index (χ2n) is 5.54. The Bertz CT molecular complexity index is 406. The Balaban J connectivity index is 1.83. The number of rotatable bonds is 9. The molecular weight excluding hydrogens is 250 g/mol. The van der Waals surface area contributed by atoms with Crippen LogP contribution in [0.15, 0.2) is 18.2 Å². The van der Waals surface area contributed by atoms with Crippen molar-refractivity contribution in [3.63, 3.8) is 0 Å². The molecule has 2 rings (SSSR count). The molecular formula is C17H27NO2. The zero-order chi connectivity index (χ0) is 14.2. The highest BCUT2D eigenvalue weighted by atomic mass is 16.5. The van der Waals surface area contributed by atoms with E-state index in [0.717, 1.165) is 44.6 Å². The summed E-state index contributed by atoms with van der Waals surface area (Å²) in [6, 6.07) is 7.05. The predicted octanol–water partition coefficient (Wildman–Crippen LogP) is 3.21. The quantitative estimate of drug-likeness (QED) is 0.681. The predicted molar refractivity (Wildman–Crippen MR) is 82.2 cm³/mol. The Labute approximate surface area is 122 Å². The van der Waals surface area contributed by atoms with Gasteiger partial charge in [-0.1, -0.05) is 13.0 Å². The summed E-state index contributed by atoms with van der Waals surface area (Å²) in [7, 11) is 0. The van der Waals surface area contributed by atoms with Gasteiger partial charge in [0.2, 0.25) is 0 Å². The molecule has 0 spiro atoms. The summed E-state index contributed by atoms with van der Waals surface area (Å²) in [5.41, 5.74) is 2.89. The van der Waals surface area contributed by atoms with E-state index in [0.29, 0.717) is 6.04 Å². The van der Waals surface area contributed by atoms with Crippen LogP contribution < -0.4 is 10.1 Å². The minimum absolute atomic E-state index is 0.283. The maximum absolute atomic E-state index is 8.73. The first-order chi connectivity index (χ1) is 9.85. The molecule has 0 bridgehead atoms. The standard InChI is InChI=1S/C17H27NO2/c1-2-10-18-17-9-6-14-13-15(7-8-16(14)17)20-12-5-3-4-11-19/h7-8,13,17-19H,2-6,9-12H2,1H3. The van der Waals surface area contributed by atoms with Gasteiger partial charge in [0.05, 0.1) is 6.61 Å². The van der Waals surface area contributed by atoms with E-state index in [2.05, 4.69) is 30.4 Å². The van der Waals surface area contributed by atoms with E-state index in [1.165, 1.54) is 24.0 Å². The first kappa shape index (κ1) is 15.3. The third kappa shape index (κ3) is 4.22. The van der Waals surface area contributed by atoms with Gasteiger partial charge in [-0.3, -0.25) is 0 Å². The highest BCUT2D eigenvalue weighted by Gasteiger charge is 2.21. The average Bonchev–Trinajstić information content (AvgIpc) is 2.87. The molecule has 3 nitrogen and oxygen atoms in total. The van der Waals surface area contributed by atoms with Gasteiger partial charge in [0, 0.05) is 12.6 Å². The minimum atomic E-state index is 0.283. The van der Waals surface area contributed by atoms with Gasteiger partial charge in [0.1, 0.15) is 5.75 Å². The first-order valence-electron chi connectivity index (χ1n) is 7.95. The van der Waals surface area contributed by atoms with Gasteiger partial charge in [-0.15, -0.1) is 0 Å². The van der Waals surface area contributed by atoms with Crippen LogP contribution in [-0.2, 0) is 6.42 Å². The van der Waals surface area contributed by atoms with Crippen LogP contribution >= 0.6 is 0 Å². The number of aryl methyl sites for hydroxylation is 1. The van der Waals surface area contributed by atoms with Crippen molar-refractivity contribution in [1.29, 1.82) is 0 Å². The molecule has 0 amide bonds. The largest absolute Gasteiger partial charge is 0.494 e. The summed E-state index contributed by atoms with van der Waals surface area (Å²) in [6.07, 6.45) is 6.45. The zero-order valence-corrected chi connectivity index (χ0v) is 12.5. The van der Waals surface area contributed by atoms with Gasteiger partial charge < -0.3 is 15.2 Å². The molecule has 1 aromatic carbocycles. The highest BCUT2D eigenvalue weighted by Crippen LogP contribution is 2.33. The van der Waals surface area contributed by atoms with Crippen molar-refractivity contribution in [3.8, 4) is 5.75 Å². The topological polar surface area (TPSA) is 41.5 Å². The Hall–Kier alpha value is -1.06. The number of benzene rings is 1. The third-order valence-corrected chi connectivity index (χ3v) is 3.90. The van der Waals surface area contributed by atoms with Crippen molar-refractivity contribution in [2.75, 3.05) is 19.8 Å². The van der Waals surface area contributed by atoms with Crippen molar-refractivity contribution in [2.45, 2.75) is 51.5 Å². The summed E-state index contributed by atoms with van der Waals surface area (Å²) in [5, 5.41) is 12.3. The van der Waals surface area contributed by atoms with Crippen LogP contribution in [0, 0.1) is 0 Å². The van der Waals surface area contributed by atoms with Gasteiger partial charge in [-0.25, -0.2) is 0 Å². The molecule has 0 radical (unpaired) electrons. The van der Waals surface area contributed by atoms with E-state index in [9.17, 15) is 0 Å². The second-order valence-corrected chi connectivity index (χ2v) is 5.54. The van der Waals surface area contributed by atoms with Crippen molar-refractivity contribution < 1.29 is 9.84 Å². The number of fused-ring (bicyclic) bond motifs is 1. The van der Waals surface area contributed by atoms with Gasteiger partial charge in [-0.2, -0.15) is 0 Å². The first-order valence-corrected chi connectivity index (χ1v) is 7.95. The number of hydrogen-bond donors (Lipinski definition) is 2. The smallest absolute Gasteiger partial charge is 0.119 e. The number of unbranched alkanes of at least 4 members (excludes halogenated alkanes) is 2. The molecule has 2 N–H and O–H groups in total. The molecule has 1 atom stereocenters. The number of aliphatic hydroxyl groups excluding tert-OH is 1. The van der Waals surface area contributed by atoms with Crippen LogP contribution in [-0.4, -0.2) is 24.9 Å². The van der Waals surface area contributed by atoms with E-state index >= 15 is 0 Å². The van der Waals surface area contributed by atoms with Crippen LogP contribution in [0.5, 0.6) is 5.75 Å². The van der Waals surface area contributed by atoms with Gasteiger partial charge in [0.25, 0.3) is 0 Å². The van der Waals surface area contributed by atoms with Crippen LogP contribution in [0.25, 0.3) is 0 Å². The number of hydrogen-bond acceptors (Lipinski definition) is 3. The lowest BCUT2D eigenvalue weighted by molar-refractivity contribution is 0.266. The van der Waals surface area contributed by atoms with E-state index < -0.39 is 0 Å². The monoisotopic (exact) mass is 277 g/mol. The fourth-order valence-electron chi connectivity index (χ4n) is 2.79. The van der Waals surface area contributed by atoms with Crippen LogP contribution in [0.3, 0.4) is 0 Å². The molecule has 0 heterocycles. The maximum atomic E-state index is 8.73. The number of ether oxygens (including phenoxy) is 1. The summed E-state index contributed by atoms with van der Waals surface area (Å²) in [4.78, 5) is 0. The summed E-state index contributed by atoms with van der Waals surface area (Å²) >= 11 is 0. The van der Waals surface area contributed by atoms with E-state index in [1.54, 1.807) is 0 Å². The zero-order valence-electron chi connectivity index (χ0n) is 12.5. The van der Waals surface area contributed by atoms with E-state index in [4.69, 9.17) is 9.84 Å². The van der Waals surface area contributed by atoms with Gasteiger partial charge in [-0.05, 0) is 68.3 Å². The van der Waals surface area contributed by atoms with Crippen LogP contribution in [0.2, 0.25) is 0 Å². The minimum Gasteiger partial charge on any atom is -0.494 e. The number of aliphatic hydroxyl groups is 1. The Kier molecular flexibility index (Phi) is 6.34. The van der Waals surface area contributed by atoms with Crippen LogP contribution in [0.4, 0.5) is 0 Å². The van der Waals surface area contributed by atoms with E-state index in [-0.39, 0.29) is 6.61 Å². The lowest BCUT2D eigenvalue weighted by atomic mass is 10.1. The molecule has 0 aliphatic heterocycles. The van der Waals surface area contributed by atoms with Gasteiger partial charge >= 0.3 is 0 Å². The lowest BCUT2D eigenvalue weighted by Gasteiger charge is -2.14. The fraction of sp³-hybridized carbons (Fsp3) is 0.647. The molecule has 1 aliphatic carbocycles. The third-order valence-electron chi connectivity index (χ3n) is 3.90. The Morgan fingerprint density at radius 1 is 1.30 bits per heavy atom. The molecule has 0 fully saturated rings. The Morgan fingerprint density at radius 2 is 2.20 bits per heavy atom. The molecule has 1 unspecified atom stereocenters. The molecule has 20 heavy (non-hydrogen) atoms. The number of nitrogens with one attached hydrogen (secondary N) is 1. The van der Waals surface area contributed by atoms with E-state index in [1.807, 2.05) is 0 Å². The average molecular weight is 277 g/mol. The van der Waals surface area contributed by atoms with Crippen molar-refractivity contribution in [2.24, 2.45) is 0 Å². The molecule has 3 heteroatoms. The molecule has 0 saturated heterocycles. The van der Waals surface area contributed by atoms with Crippen molar-refractivity contribution in [1.82, 2.24) is 5.32 Å². The molecule has 1 aliphatic rings. The second kappa shape index (κ2) is 8.28. The van der Waals surface area contributed by atoms with Crippen molar-refractivity contribution in [3.05, 3.63) is 29.3 Å². The fourth-order valence-corrected chi connectivity index (χ4v) is 2.79. The Morgan fingerprint density at radius 3 is 3.00 bits per heavy atom.